The van der Waals surface area contributed by atoms with Gasteiger partial charge in [0.1, 0.15) is 0 Å². The number of carbonyl (C=O) groups excluding carboxylic acids is 2. The van der Waals surface area contributed by atoms with Crippen molar-refractivity contribution in [3.8, 4) is 0 Å². The normalized spacial score (nSPS) is 10.5. The van der Waals surface area contributed by atoms with E-state index in [1.807, 2.05) is 0 Å². The van der Waals surface area contributed by atoms with Crippen LogP contribution in [0.3, 0.4) is 0 Å². The number of guanidine groups is 1. The van der Waals surface area contributed by atoms with Crippen molar-refractivity contribution < 1.29 is 29.0 Å². The highest BCUT2D eigenvalue weighted by Gasteiger charge is 2.09. The van der Waals surface area contributed by atoms with Crippen molar-refractivity contribution in [2.75, 3.05) is 19.5 Å². The number of carbonyl (C=O) groups is 3. The predicted octanol–water partition coefficient (Wildman–Crippen LogP) is 1.28. The van der Waals surface area contributed by atoms with Gasteiger partial charge >= 0.3 is 18.2 Å². The topological polar surface area (TPSA) is 126 Å². The quantitative estimate of drug-likeness (QED) is 0.554. The zero-order chi connectivity index (χ0) is 15.8. The van der Waals surface area contributed by atoms with E-state index in [1.54, 1.807) is 0 Å². The van der Waals surface area contributed by atoms with Crippen molar-refractivity contribution in [3.05, 3.63) is 29.8 Å². The van der Waals surface area contributed by atoms with Crippen LogP contribution in [-0.2, 0) is 9.47 Å². The summed E-state index contributed by atoms with van der Waals surface area (Å²) < 4.78 is 8.73. The number of hydrogen-bond donors (Lipinski definition) is 3. The van der Waals surface area contributed by atoms with E-state index >= 15 is 0 Å². The van der Waals surface area contributed by atoms with Crippen LogP contribution in [0.1, 0.15) is 10.4 Å². The van der Waals surface area contributed by atoms with E-state index in [0.717, 1.165) is 14.2 Å². The van der Waals surface area contributed by atoms with Crippen LogP contribution in [0.2, 0.25) is 0 Å². The van der Waals surface area contributed by atoms with Gasteiger partial charge in [-0.2, -0.15) is 0 Å². The van der Waals surface area contributed by atoms with Gasteiger partial charge in [-0.1, -0.05) is 0 Å². The predicted molar refractivity (Wildman–Crippen MR) is 72.4 cm³/mol. The van der Waals surface area contributed by atoms with Crippen molar-refractivity contribution in [1.82, 2.24) is 5.32 Å². The van der Waals surface area contributed by atoms with Gasteiger partial charge in [0.05, 0.1) is 19.8 Å². The Balaban J connectivity index is 2.89. The van der Waals surface area contributed by atoms with Gasteiger partial charge in [0, 0.05) is 5.69 Å². The highest BCUT2D eigenvalue weighted by Crippen LogP contribution is 2.09. The molecule has 0 heterocycles. The maximum atomic E-state index is 11.1. The van der Waals surface area contributed by atoms with Crippen LogP contribution in [0, 0.1) is 0 Å². The van der Waals surface area contributed by atoms with Gasteiger partial charge in [0.2, 0.25) is 5.96 Å². The molecule has 0 aliphatic rings. The number of carboxylic acids is 1. The molecule has 1 aromatic carbocycles. The molecular weight excluding hydrogens is 282 g/mol. The van der Waals surface area contributed by atoms with Crippen LogP contribution in [0.25, 0.3) is 0 Å². The summed E-state index contributed by atoms with van der Waals surface area (Å²) in [6, 6.07) is 5.57. The summed E-state index contributed by atoms with van der Waals surface area (Å²) in [5.74, 6) is -1.30. The number of rotatable bonds is 2. The zero-order valence-corrected chi connectivity index (χ0v) is 11.2. The lowest BCUT2D eigenvalue weighted by molar-refractivity contribution is 0.0696. The van der Waals surface area contributed by atoms with Crippen LogP contribution < -0.4 is 10.6 Å². The fourth-order valence-electron chi connectivity index (χ4n) is 1.20. The third-order valence-corrected chi connectivity index (χ3v) is 2.18. The number of amides is 2. The second kappa shape index (κ2) is 7.48. The molecular formula is C12H13N3O6. The van der Waals surface area contributed by atoms with Crippen molar-refractivity contribution in [3.63, 3.8) is 0 Å². The summed E-state index contributed by atoms with van der Waals surface area (Å²) in [4.78, 5) is 36.4. The van der Waals surface area contributed by atoms with Gasteiger partial charge in [-0.05, 0) is 24.3 Å². The minimum Gasteiger partial charge on any atom is -0.478 e. The van der Waals surface area contributed by atoms with E-state index < -0.39 is 18.2 Å². The first-order valence-electron chi connectivity index (χ1n) is 5.58. The smallest absolute Gasteiger partial charge is 0.436 e. The lowest BCUT2D eigenvalue weighted by Crippen LogP contribution is -2.36. The molecule has 112 valence electrons. The highest BCUT2D eigenvalue weighted by atomic mass is 16.5. The Bertz CT molecular complexity index is 567. The molecule has 0 radical (unpaired) electrons. The average Bonchev–Trinajstić information content (AvgIpc) is 2.47. The van der Waals surface area contributed by atoms with Crippen LogP contribution in [0.5, 0.6) is 0 Å². The van der Waals surface area contributed by atoms with Crippen molar-refractivity contribution in [2.45, 2.75) is 0 Å². The van der Waals surface area contributed by atoms with Crippen molar-refractivity contribution >= 4 is 29.8 Å². The molecule has 0 saturated carbocycles. The molecule has 0 saturated heterocycles. The molecule has 0 fully saturated rings. The van der Waals surface area contributed by atoms with E-state index in [0.29, 0.717) is 5.69 Å². The van der Waals surface area contributed by atoms with Gasteiger partial charge in [0.15, 0.2) is 0 Å². The number of aliphatic imine (C=N–C) groups is 1. The summed E-state index contributed by atoms with van der Waals surface area (Å²) in [5, 5.41) is 13.6. The van der Waals surface area contributed by atoms with Crippen molar-refractivity contribution in [1.29, 1.82) is 0 Å². The number of nitrogens with zero attached hydrogens (tertiary/aromatic N) is 1. The molecule has 21 heavy (non-hydrogen) atoms. The Morgan fingerprint density at radius 3 is 2.19 bits per heavy atom. The van der Waals surface area contributed by atoms with Crippen LogP contribution in [0.4, 0.5) is 15.3 Å². The van der Waals surface area contributed by atoms with Gasteiger partial charge in [-0.25, -0.2) is 14.4 Å². The SMILES string of the molecule is COC(=O)/N=C(/NC(=O)OC)Nc1ccc(C(=O)O)cc1. The molecule has 0 aromatic heterocycles. The summed E-state index contributed by atoms with van der Waals surface area (Å²) >= 11 is 0. The van der Waals surface area contributed by atoms with Gasteiger partial charge in [-0.3, -0.25) is 5.32 Å². The second-order valence-electron chi connectivity index (χ2n) is 3.55. The largest absolute Gasteiger partial charge is 0.478 e. The fourth-order valence-corrected chi connectivity index (χ4v) is 1.20. The lowest BCUT2D eigenvalue weighted by Gasteiger charge is -2.10. The number of hydrogen-bond acceptors (Lipinski definition) is 5. The summed E-state index contributed by atoms with van der Waals surface area (Å²) in [6.07, 6.45) is -1.77. The van der Waals surface area contributed by atoms with E-state index in [-0.39, 0.29) is 11.5 Å². The van der Waals surface area contributed by atoms with Crippen LogP contribution in [0.15, 0.2) is 29.3 Å². The number of alkyl carbamates (subject to hydrolysis) is 1. The minimum atomic E-state index is -1.07. The number of nitrogens with one attached hydrogen (secondary N) is 2. The molecule has 0 bridgehead atoms. The number of carboxylic acid groups (broad SMARTS) is 1. The molecule has 9 nitrogen and oxygen atoms in total. The highest BCUT2D eigenvalue weighted by molar-refractivity contribution is 6.06. The Morgan fingerprint density at radius 1 is 1.10 bits per heavy atom. The lowest BCUT2D eigenvalue weighted by atomic mass is 10.2. The van der Waals surface area contributed by atoms with Gasteiger partial charge in [0.25, 0.3) is 0 Å². The number of benzene rings is 1. The van der Waals surface area contributed by atoms with Crippen molar-refractivity contribution in [2.24, 2.45) is 4.99 Å². The fraction of sp³-hybridized carbons (Fsp3) is 0.167. The number of methoxy groups -OCH3 is 2. The molecule has 0 spiro atoms. The average molecular weight is 295 g/mol. The van der Waals surface area contributed by atoms with Gasteiger partial charge in [-0.15, -0.1) is 4.99 Å². The van der Waals surface area contributed by atoms with E-state index in [1.165, 1.54) is 24.3 Å². The number of anilines is 1. The Kier molecular flexibility index (Phi) is 5.68. The van der Waals surface area contributed by atoms with E-state index in [2.05, 4.69) is 25.1 Å². The molecule has 9 heteroatoms. The Morgan fingerprint density at radius 2 is 1.71 bits per heavy atom. The molecule has 0 aliphatic heterocycles. The monoisotopic (exact) mass is 295 g/mol. The third-order valence-electron chi connectivity index (χ3n) is 2.18. The Hall–Kier alpha value is -3.10. The summed E-state index contributed by atoms with van der Waals surface area (Å²) in [7, 11) is 2.27. The molecule has 3 N–H and O–H groups in total. The molecule has 0 atom stereocenters. The first-order valence-corrected chi connectivity index (χ1v) is 5.58. The van der Waals surface area contributed by atoms with Gasteiger partial charge < -0.3 is 19.9 Å². The zero-order valence-electron chi connectivity index (χ0n) is 11.2. The maximum absolute atomic E-state index is 11.1. The number of aromatic carboxylic acids is 1. The molecule has 1 rings (SSSR count). The molecule has 2 amide bonds. The maximum Gasteiger partial charge on any atom is 0.436 e. The molecule has 0 aliphatic carbocycles. The van der Waals surface area contributed by atoms with Crippen LogP contribution >= 0.6 is 0 Å². The van der Waals surface area contributed by atoms with E-state index in [4.69, 9.17) is 5.11 Å². The first-order chi connectivity index (χ1) is 9.96. The summed E-state index contributed by atoms with van der Waals surface area (Å²) in [6.45, 7) is 0. The molecule has 1 aromatic rings. The number of ether oxygens (including phenoxy) is 2. The second-order valence-corrected chi connectivity index (χ2v) is 3.55. The Labute approximate surface area is 119 Å². The van der Waals surface area contributed by atoms with E-state index in [9.17, 15) is 14.4 Å². The van der Waals surface area contributed by atoms with Crippen LogP contribution in [-0.4, -0.2) is 43.4 Å². The third kappa shape index (κ3) is 5.19. The molecule has 0 unspecified atom stereocenters. The standard InChI is InChI=1S/C12H13N3O6/c1-20-11(18)14-10(15-12(19)21-2)13-8-5-3-7(4-6-8)9(16)17/h3-6H,1-2H3,(H,16,17)(H2,13,14,15,18,19). The summed E-state index contributed by atoms with van der Waals surface area (Å²) in [5.41, 5.74) is 0.493. The minimum absolute atomic E-state index is 0.0907. The first kappa shape index (κ1) is 16.0.